The van der Waals surface area contributed by atoms with Crippen LogP contribution in [-0.2, 0) is 9.59 Å². The second-order valence-corrected chi connectivity index (χ2v) is 16.5. The SMILES string of the molecule is Cc1c(-c2ccc3ccc(Nc4ccc(C5CCN(CCCN6CCC(c7ccc(NC8CCC(=O)NC8=O)cc7)CC6)CC5)cc4)nc3c2)cnc2c1NCCO2. The number of carbonyl (C=O) groups excluding carboxylic acids is 2. The minimum absolute atomic E-state index is 0.186. The number of anilines is 4. The number of fused-ring (bicyclic) bond motifs is 2. The third-order valence-electron chi connectivity index (χ3n) is 12.7. The highest BCUT2D eigenvalue weighted by Gasteiger charge is 2.27. The van der Waals surface area contributed by atoms with Crippen LogP contribution in [-0.4, -0.2) is 90.0 Å². The monoisotopic (exact) mass is 778 g/mol. The first-order valence-electron chi connectivity index (χ1n) is 21.2. The van der Waals surface area contributed by atoms with Gasteiger partial charge in [-0.1, -0.05) is 36.4 Å². The highest BCUT2D eigenvalue weighted by molar-refractivity contribution is 6.01. The summed E-state index contributed by atoms with van der Waals surface area (Å²) < 4.78 is 5.73. The maximum absolute atomic E-state index is 12.1. The second-order valence-electron chi connectivity index (χ2n) is 16.5. The number of benzene rings is 3. The predicted molar refractivity (Wildman–Crippen MR) is 231 cm³/mol. The molecular weight excluding hydrogens is 725 g/mol. The van der Waals surface area contributed by atoms with Crippen LogP contribution in [0.5, 0.6) is 5.88 Å². The Morgan fingerprint density at radius 1 is 0.793 bits per heavy atom. The van der Waals surface area contributed by atoms with E-state index in [-0.39, 0.29) is 17.9 Å². The molecule has 0 aliphatic carbocycles. The molecular formula is C47H54N8O3. The molecule has 2 amide bonds. The predicted octanol–water partition coefficient (Wildman–Crippen LogP) is 7.82. The molecule has 0 saturated carbocycles. The van der Waals surface area contributed by atoms with Crippen molar-refractivity contribution in [3.8, 4) is 17.0 Å². The molecule has 4 N–H and O–H groups in total. The van der Waals surface area contributed by atoms with Crippen molar-refractivity contribution >= 4 is 45.6 Å². The van der Waals surface area contributed by atoms with Crippen molar-refractivity contribution in [2.45, 2.75) is 69.7 Å². The average Bonchev–Trinajstić information content (AvgIpc) is 3.26. The highest BCUT2D eigenvalue weighted by atomic mass is 16.5. The van der Waals surface area contributed by atoms with Crippen LogP contribution < -0.4 is 26.0 Å². The van der Waals surface area contributed by atoms with Gasteiger partial charge in [0.15, 0.2) is 0 Å². The molecule has 0 bridgehead atoms. The fourth-order valence-corrected chi connectivity index (χ4v) is 9.23. The number of rotatable bonds is 11. The number of nitrogens with zero attached hydrogens (tertiary/aromatic N) is 4. The number of aromatic nitrogens is 2. The molecule has 3 fully saturated rings. The minimum Gasteiger partial charge on any atom is -0.474 e. The first-order chi connectivity index (χ1) is 28.4. The Morgan fingerprint density at radius 3 is 2.12 bits per heavy atom. The van der Waals surface area contributed by atoms with Gasteiger partial charge in [0, 0.05) is 41.5 Å². The van der Waals surface area contributed by atoms with E-state index in [1.807, 2.05) is 12.3 Å². The fourth-order valence-electron chi connectivity index (χ4n) is 9.23. The van der Waals surface area contributed by atoms with Gasteiger partial charge in [0.25, 0.3) is 0 Å². The number of carbonyl (C=O) groups is 2. The summed E-state index contributed by atoms with van der Waals surface area (Å²) in [7, 11) is 0. The number of ether oxygens (including phenoxy) is 1. The smallest absolute Gasteiger partial charge is 0.249 e. The molecule has 0 radical (unpaired) electrons. The summed E-state index contributed by atoms with van der Waals surface area (Å²) in [6.45, 7) is 10.5. The van der Waals surface area contributed by atoms with E-state index in [0.29, 0.717) is 37.2 Å². The maximum atomic E-state index is 12.1. The molecule has 5 aromatic rings. The van der Waals surface area contributed by atoms with Crippen LogP contribution in [0.3, 0.4) is 0 Å². The summed E-state index contributed by atoms with van der Waals surface area (Å²) in [5, 5.41) is 13.8. The van der Waals surface area contributed by atoms with Crippen molar-refractivity contribution in [3.05, 3.63) is 102 Å². The number of nitrogens with one attached hydrogen (secondary N) is 4. The third kappa shape index (κ3) is 8.66. The number of pyridine rings is 2. The van der Waals surface area contributed by atoms with Crippen molar-refractivity contribution in [2.24, 2.45) is 0 Å². The molecule has 6 heterocycles. The van der Waals surface area contributed by atoms with Gasteiger partial charge in [-0.2, -0.15) is 0 Å². The molecule has 11 nitrogen and oxygen atoms in total. The van der Waals surface area contributed by atoms with E-state index in [2.05, 4.69) is 116 Å². The zero-order valence-corrected chi connectivity index (χ0v) is 33.4. The zero-order valence-electron chi connectivity index (χ0n) is 33.4. The Bertz CT molecular complexity index is 2250. The molecule has 4 aliphatic rings. The second kappa shape index (κ2) is 17.1. The molecule has 0 spiro atoms. The van der Waals surface area contributed by atoms with Gasteiger partial charge < -0.3 is 30.5 Å². The molecule has 58 heavy (non-hydrogen) atoms. The maximum Gasteiger partial charge on any atom is 0.249 e. The molecule has 11 heteroatoms. The molecule has 300 valence electrons. The molecule has 1 atom stereocenters. The lowest BCUT2D eigenvalue weighted by Gasteiger charge is -2.34. The van der Waals surface area contributed by atoms with Crippen molar-refractivity contribution in [1.29, 1.82) is 0 Å². The van der Waals surface area contributed by atoms with Crippen molar-refractivity contribution < 1.29 is 14.3 Å². The summed E-state index contributed by atoms with van der Waals surface area (Å²) in [5.74, 6) is 2.27. The van der Waals surface area contributed by atoms with Crippen LogP contribution in [0.15, 0.2) is 85.1 Å². The molecule has 9 rings (SSSR count). The lowest BCUT2D eigenvalue weighted by molar-refractivity contribution is -0.133. The lowest BCUT2D eigenvalue weighted by atomic mass is 9.89. The van der Waals surface area contributed by atoms with Gasteiger partial charge in [0.05, 0.1) is 5.52 Å². The van der Waals surface area contributed by atoms with Crippen molar-refractivity contribution in [1.82, 2.24) is 25.1 Å². The summed E-state index contributed by atoms with van der Waals surface area (Å²) in [4.78, 5) is 38.4. The largest absolute Gasteiger partial charge is 0.474 e. The Kier molecular flexibility index (Phi) is 11.2. The number of piperidine rings is 3. The van der Waals surface area contributed by atoms with Crippen LogP contribution in [0, 0.1) is 6.92 Å². The van der Waals surface area contributed by atoms with Gasteiger partial charge in [0.1, 0.15) is 24.2 Å². The summed E-state index contributed by atoms with van der Waals surface area (Å²) >= 11 is 0. The normalized spacial score (nSPS) is 19.6. The van der Waals surface area contributed by atoms with Gasteiger partial charge in [-0.3, -0.25) is 14.9 Å². The Morgan fingerprint density at radius 2 is 1.45 bits per heavy atom. The molecule has 2 aromatic heterocycles. The zero-order chi connectivity index (χ0) is 39.4. The molecule has 3 aromatic carbocycles. The average molecular weight is 779 g/mol. The van der Waals surface area contributed by atoms with Gasteiger partial charge in [-0.25, -0.2) is 9.97 Å². The van der Waals surface area contributed by atoms with Gasteiger partial charge in [0.2, 0.25) is 17.7 Å². The van der Waals surface area contributed by atoms with Crippen LogP contribution in [0.4, 0.5) is 22.9 Å². The van der Waals surface area contributed by atoms with E-state index in [1.165, 1.54) is 56.3 Å². The number of likely N-dealkylation sites (tertiary alicyclic amines) is 2. The number of amides is 2. The topological polar surface area (TPSA) is 124 Å². The lowest BCUT2D eigenvalue weighted by Crippen LogP contribution is -2.47. The van der Waals surface area contributed by atoms with E-state index in [9.17, 15) is 9.59 Å². The quantitative estimate of drug-likeness (QED) is 0.0988. The number of hydrogen-bond donors (Lipinski definition) is 4. The van der Waals surface area contributed by atoms with Crippen molar-refractivity contribution in [3.63, 3.8) is 0 Å². The Balaban J connectivity index is 0.702. The van der Waals surface area contributed by atoms with Crippen molar-refractivity contribution in [2.75, 3.05) is 68.4 Å². The molecule has 1 unspecified atom stereocenters. The number of imide groups is 1. The summed E-state index contributed by atoms with van der Waals surface area (Å²) in [6, 6.07) is 27.8. The standard InChI is InChI=1S/C47H54N8O3/c1-31-40(30-49-47-45(31)48-21-28-58-47)37-4-3-36-9-15-43(52-42(36)29-37)51-39-12-7-33(8-13-39)35-19-26-55(27-20-35)23-2-22-54-24-17-34(18-25-54)32-5-10-38(11-6-32)50-41-14-16-44(56)53-46(41)57/h3-13,15,29-30,34-35,41,48,50H,2,14,16-28H2,1H3,(H,51,52)(H,53,56,57). The van der Waals surface area contributed by atoms with E-state index in [4.69, 9.17) is 9.72 Å². The first-order valence-corrected chi connectivity index (χ1v) is 21.2. The minimum atomic E-state index is -0.347. The van der Waals surface area contributed by atoms with E-state index in [1.54, 1.807) is 0 Å². The van der Waals surface area contributed by atoms with Gasteiger partial charge >= 0.3 is 0 Å². The summed E-state index contributed by atoms with van der Waals surface area (Å²) in [6.07, 6.45) is 8.82. The van der Waals surface area contributed by atoms with Crippen LogP contribution in [0.2, 0.25) is 0 Å². The van der Waals surface area contributed by atoms with E-state index in [0.717, 1.165) is 83.2 Å². The van der Waals surface area contributed by atoms with Crippen LogP contribution >= 0.6 is 0 Å². The summed E-state index contributed by atoms with van der Waals surface area (Å²) in [5.41, 5.74) is 10.0. The van der Waals surface area contributed by atoms with Gasteiger partial charge in [-0.05, 0) is 161 Å². The van der Waals surface area contributed by atoms with Gasteiger partial charge in [-0.15, -0.1) is 0 Å². The molecule has 4 aliphatic heterocycles. The molecule has 3 saturated heterocycles. The van der Waals surface area contributed by atoms with E-state index >= 15 is 0 Å². The fraction of sp³-hybridized carbons (Fsp3) is 0.404. The number of hydrogen-bond acceptors (Lipinski definition) is 10. The van der Waals surface area contributed by atoms with Crippen LogP contribution in [0.1, 0.15) is 73.5 Å². The Labute approximate surface area is 341 Å². The highest BCUT2D eigenvalue weighted by Crippen LogP contribution is 2.37. The van der Waals surface area contributed by atoms with Crippen LogP contribution in [0.25, 0.3) is 22.0 Å². The first kappa shape index (κ1) is 38.0. The van der Waals surface area contributed by atoms with E-state index < -0.39 is 0 Å². The third-order valence-corrected chi connectivity index (χ3v) is 12.7. The Hall–Kier alpha value is -5.52.